The van der Waals surface area contributed by atoms with Crippen LogP contribution in [0.5, 0.6) is 0 Å². The largest absolute Gasteiger partial charge is 0.478 e. The minimum atomic E-state index is -1.03. The molecule has 0 aliphatic heterocycles. The fourth-order valence-electron chi connectivity index (χ4n) is 6.71. The van der Waals surface area contributed by atoms with E-state index >= 15 is 0 Å². The maximum absolute atomic E-state index is 13.7. The van der Waals surface area contributed by atoms with Gasteiger partial charge in [0.15, 0.2) is 5.13 Å². The molecule has 0 saturated heterocycles. The first kappa shape index (κ1) is 28.7. The van der Waals surface area contributed by atoms with Crippen LogP contribution in [0.2, 0.25) is 0 Å². The molecule has 2 aliphatic carbocycles. The van der Waals surface area contributed by atoms with Gasteiger partial charge >= 0.3 is 5.97 Å². The molecule has 0 unspecified atom stereocenters. The molecule has 0 radical (unpaired) electrons. The molecule has 0 atom stereocenters. The first-order chi connectivity index (χ1) is 20.7. The van der Waals surface area contributed by atoms with Crippen LogP contribution in [0.4, 0.5) is 10.8 Å². The van der Waals surface area contributed by atoms with Crippen molar-refractivity contribution in [2.24, 2.45) is 7.05 Å². The van der Waals surface area contributed by atoms with Crippen molar-refractivity contribution >= 4 is 56.9 Å². The van der Waals surface area contributed by atoms with E-state index in [1.165, 1.54) is 35.8 Å². The quantitative estimate of drug-likeness (QED) is 0.175. The number of nitrogen functional groups attached to an aromatic ring is 1. The van der Waals surface area contributed by atoms with Crippen LogP contribution in [-0.4, -0.2) is 38.0 Å². The SMILES string of the molecule is Cn1c(-c2csc(N)n2)c(C2CCCC2)c2ccc(C(=O)NC3(C(=O)Nc4ccc(/C=C/C(=O)O)cc4)CCCC3)cc21. The van der Waals surface area contributed by atoms with Crippen molar-refractivity contribution < 1.29 is 19.5 Å². The van der Waals surface area contributed by atoms with Gasteiger partial charge in [-0.1, -0.05) is 43.9 Å². The number of nitrogens with one attached hydrogen (secondary N) is 2. The molecule has 2 aromatic carbocycles. The Morgan fingerprint density at radius 2 is 1.79 bits per heavy atom. The smallest absolute Gasteiger partial charge is 0.328 e. The van der Waals surface area contributed by atoms with Crippen molar-refractivity contribution in [3.63, 3.8) is 0 Å². The molecular formula is C33H35N5O4S. The van der Waals surface area contributed by atoms with Crippen LogP contribution >= 0.6 is 11.3 Å². The van der Waals surface area contributed by atoms with Gasteiger partial charge in [0.2, 0.25) is 5.91 Å². The van der Waals surface area contributed by atoms with E-state index in [0.717, 1.165) is 54.1 Å². The Labute approximate surface area is 253 Å². The van der Waals surface area contributed by atoms with Crippen molar-refractivity contribution in [2.75, 3.05) is 11.1 Å². The number of fused-ring (bicyclic) bond motifs is 1. The number of carbonyl (C=O) groups excluding carboxylic acids is 2. The number of carbonyl (C=O) groups is 3. The number of benzene rings is 2. The summed E-state index contributed by atoms with van der Waals surface area (Å²) < 4.78 is 2.13. The molecular weight excluding hydrogens is 562 g/mol. The minimum Gasteiger partial charge on any atom is -0.478 e. The zero-order valence-corrected chi connectivity index (χ0v) is 24.9. The van der Waals surface area contributed by atoms with Gasteiger partial charge in [-0.05, 0) is 73.1 Å². The second kappa shape index (κ2) is 11.7. The summed E-state index contributed by atoms with van der Waals surface area (Å²) >= 11 is 1.43. The predicted octanol–water partition coefficient (Wildman–Crippen LogP) is 6.32. The third-order valence-electron chi connectivity index (χ3n) is 8.86. The molecule has 9 nitrogen and oxygen atoms in total. The summed E-state index contributed by atoms with van der Waals surface area (Å²) in [5.74, 6) is -1.12. The van der Waals surface area contributed by atoms with E-state index in [4.69, 9.17) is 10.8 Å². The van der Waals surface area contributed by atoms with E-state index in [1.807, 2.05) is 30.6 Å². The van der Waals surface area contributed by atoms with E-state index in [2.05, 4.69) is 20.2 Å². The lowest BCUT2D eigenvalue weighted by atomic mass is 9.93. The normalized spacial score (nSPS) is 16.7. The van der Waals surface area contributed by atoms with Crippen LogP contribution in [0.15, 0.2) is 53.9 Å². The van der Waals surface area contributed by atoms with Crippen LogP contribution in [0.25, 0.3) is 28.4 Å². The van der Waals surface area contributed by atoms with Crippen molar-refractivity contribution in [1.29, 1.82) is 0 Å². The number of carboxylic acid groups (broad SMARTS) is 1. The van der Waals surface area contributed by atoms with Crippen molar-refractivity contribution in [1.82, 2.24) is 14.9 Å². The van der Waals surface area contributed by atoms with E-state index in [0.29, 0.717) is 40.7 Å². The Balaban J connectivity index is 1.27. The van der Waals surface area contributed by atoms with Gasteiger partial charge in [0, 0.05) is 40.7 Å². The minimum absolute atomic E-state index is 0.251. The molecule has 0 spiro atoms. The number of amides is 2. The number of carboxylic acids is 1. The number of hydrogen-bond donors (Lipinski definition) is 4. The molecule has 5 N–H and O–H groups in total. The fourth-order valence-corrected chi connectivity index (χ4v) is 7.26. The number of aromatic nitrogens is 2. The number of aliphatic carboxylic acids is 1. The average Bonchev–Trinajstić information content (AvgIpc) is 3.81. The summed E-state index contributed by atoms with van der Waals surface area (Å²) in [4.78, 5) is 42.7. The standard InChI is InChI=1S/C33H35N5O4S/c1-38-26-18-22(11-14-24(26)28(21-6-2-3-7-21)29(38)25-19-43-32(34)36-25)30(41)37-33(16-4-5-17-33)31(42)35-23-12-8-20(9-13-23)10-15-27(39)40/h8-15,18-19,21H,2-7,16-17H2,1H3,(H2,34,36)(H,35,42)(H,37,41)(H,39,40)/b15-10+. The lowest BCUT2D eigenvalue weighted by Gasteiger charge is -2.29. The van der Waals surface area contributed by atoms with Gasteiger partial charge in [0.1, 0.15) is 11.2 Å². The van der Waals surface area contributed by atoms with E-state index in [-0.39, 0.29) is 11.8 Å². The number of nitrogens with two attached hydrogens (primary N) is 1. The first-order valence-corrected chi connectivity index (χ1v) is 15.6. The molecule has 2 heterocycles. The predicted molar refractivity (Wildman–Crippen MR) is 170 cm³/mol. The Morgan fingerprint density at radius 3 is 2.44 bits per heavy atom. The molecule has 43 heavy (non-hydrogen) atoms. The number of thiazole rings is 1. The van der Waals surface area contributed by atoms with Gasteiger partial charge < -0.3 is 26.0 Å². The molecule has 0 bridgehead atoms. The molecule has 2 aromatic heterocycles. The molecule has 222 valence electrons. The Hall–Kier alpha value is -4.44. The fraction of sp³-hybridized carbons (Fsp3) is 0.333. The van der Waals surface area contributed by atoms with Crippen LogP contribution < -0.4 is 16.4 Å². The summed E-state index contributed by atoms with van der Waals surface area (Å²) in [6.07, 6.45) is 10.0. The summed E-state index contributed by atoms with van der Waals surface area (Å²) in [6, 6.07) is 12.7. The summed E-state index contributed by atoms with van der Waals surface area (Å²) in [7, 11) is 2.02. The molecule has 4 aromatic rings. The average molecular weight is 598 g/mol. The highest BCUT2D eigenvalue weighted by atomic mass is 32.1. The number of rotatable bonds is 8. The second-order valence-corrected chi connectivity index (χ2v) is 12.5. The third-order valence-corrected chi connectivity index (χ3v) is 9.54. The third kappa shape index (κ3) is 5.67. The number of aryl methyl sites for hydroxylation is 1. The highest BCUT2D eigenvalue weighted by Crippen LogP contribution is 2.45. The van der Waals surface area contributed by atoms with Crippen LogP contribution in [-0.2, 0) is 16.6 Å². The van der Waals surface area contributed by atoms with Gasteiger partial charge in [-0.25, -0.2) is 9.78 Å². The van der Waals surface area contributed by atoms with Gasteiger partial charge in [-0.15, -0.1) is 11.3 Å². The van der Waals surface area contributed by atoms with Crippen molar-refractivity contribution in [3.05, 3.63) is 70.6 Å². The monoisotopic (exact) mass is 597 g/mol. The zero-order chi connectivity index (χ0) is 30.1. The zero-order valence-electron chi connectivity index (χ0n) is 24.1. The molecule has 2 aliphatic rings. The molecule has 2 saturated carbocycles. The highest BCUT2D eigenvalue weighted by molar-refractivity contribution is 7.13. The molecule has 6 rings (SSSR count). The maximum Gasteiger partial charge on any atom is 0.328 e. The molecule has 2 amide bonds. The molecule has 2 fully saturated rings. The van der Waals surface area contributed by atoms with Gasteiger partial charge in [0.25, 0.3) is 5.91 Å². The van der Waals surface area contributed by atoms with Gasteiger partial charge in [-0.3, -0.25) is 9.59 Å². The van der Waals surface area contributed by atoms with E-state index in [9.17, 15) is 14.4 Å². The Bertz CT molecular complexity index is 1720. The van der Waals surface area contributed by atoms with Crippen LogP contribution in [0.1, 0.15) is 78.8 Å². The van der Waals surface area contributed by atoms with Crippen molar-refractivity contribution in [3.8, 4) is 11.4 Å². The van der Waals surface area contributed by atoms with E-state index in [1.54, 1.807) is 24.3 Å². The summed E-state index contributed by atoms with van der Waals surface area (Å²) in [6.45, 7) is 0. The summed E-state index contributed by atoms with van der Waals surface area (Å²) in [5, 5.41) is 18.6. The number of nitrogens with zero attached hydrogens (tertiary/aromatic N) is 2. The first-order valence-electron chi connectivity index (χ1n) is 14.7. The number of hydrogen-bond acceptors (Lipinski definition) is 6. The van der Waals surface area contributed by atoms with E-state index < -0.39 is 11.5 Å². The van der Waals surface area contributed by atoms with Crippen LogP contribution in [0.3, 0.4) is 0 Å². The van der Waals surface area contributed by atoms with Crippen LogP contribution in [0, 0.1) is 0 Å². The second-order valence-electron chi connectivity index (χ2n) is 11.6. The molecule has 10 heteroatoms. The Kier molecular flexibility index (Phi) is 7.79. The lowest BCUT2D eigenvalue weighted by Crippen LogP contribution is -2.55. The highest BCUT2D eigenvalue weighted by Gasteiger charge is 2.42. The van der Waals surface area contributed by atoms with Gasteiger partial charge in [-0.2, -0.15) is 0 Å². The summed E-state index contributed by atoms with van der Waals surface area (Å²) in [5.41, 5.74) is 10.9. The number of anilines is 2. The van der Waals surface area contributed by atoms with Gasteiger partial charge in [0.05, 0.1) is 5.69 Å². The topological polar surface area (TPSA) is 139 Å². The lowest BCUT2D eigenvalue weighted by molar-refractivity contribution is -0.131. The maximum atomic E-state index is 13.7. The Morgan fingerprint density at radius 1 is 1.07 bits per heavy atom. The van der Waals surface area contributed by atoms with Crippen molar-refractivity contribution in [2.45, 2.75) is 62.8 Å².